The van der Waals surface area contributed by atoms with Gasteiger partial charge in [0.15, 0.2) is 9.84 Å². The van der Waals surface area contributed by atoms with Crippen molar-refractivity contribution in [2.24, 2.45) is 7.05 Å². The van der Waals surface area contributed by atoms with E-state index in [0.717, 1.165) is 11.1 Å². The molecule has 7 heteroatoms. The third-order valence-electron chi connectivity index (χ3n) is 3.81. The topological polar surface area (TPSA) is 73.2 Å². The molecular formula is C16H23N3O3S. The normalized spacial score (nSPS) is 14.5. The minimum Gasteiger partial charge on any atom is -0.495 e. The van der Waals surface area contributed by atoms with Gasteiger partial charge in [-0.15, -0.1) is 0 Å². The SMILES string of the molecule is COc1cc(C(C)NC(C)c2cnn(C)c2)ccc1S(C)(=O)=O. The van der Waals surface area contributed by atoms with Crippen LogP contribution in [0.3, 0.4) is 0 Å². The van der Waals surface area contributed by atoms with Crippen molar-refractivity contribution in [3.8, 4) is 5.75 Å². The monoisotopic (exact) mass is 337 g/mol. The van der Waals surface area contributed by atoms with Crippen LogP contribution < -0.4 is 10.1 Å². The fraction of sp³-hybridized carbons (Fsp3) is 0.438. The van der Waals surface area contributed by atoms with E-state index in [0.29, 0.717) is 5.75 Å². The average Bonchev–Trinajstić information content (AvgIpc) is 2.92. The highest BCUT2D eigenvalue weighted by Gasteiger charge is 2.18. The summed E-state index contributed by atoms with van der Waals surface area (Å²) in [5.74, 6) is 0.368. The highest BCUT2D eigenvalue weighted by molar-refractivity contribution is 7.90. The number of ether oxygens (including phenoxy) is 1. The third kappa shape index (κ3) is 4.11. The van der Waals surface area contributed by atoms with Crippen LogP contribution in [-0.4, -0.2) is 31.6 Å². The first-order valence-corrected chi connectivity index (χ1v) is 9.24. The molecule has 0 saturated carbocycles. The van der Waals surface area contributed by atoms with E-state index in [9.17, 15) is 8.42 Å². The molecule has 23 heavy (non-hydrogen) atoms. The molecule has 0 spiro atoms. The molecule has 1 aromatic heterocycles. The zero-order valence-electron chi connectivity index (χ0n) is 14.1. The molecule has 2 rings (SSSR count). The molecular weight excluding hydrogens is 314 g/mol. The lowest BCUT2D eigenvalue weighted by atomic mass is 10.1. The summed E-state index contributed by atoms with van der Waals surface area (Å²) in [6.45, 7) is 4.09. The highest BCUT2D eigenvalue weighted by Crippen LogP contribution is 2.28. The predicted octanol–water partition coefficient (Wildman–Crippen LogP) is 2.24. The fourth-order valence-electron chi connectivity index (χ4n) is 2.49. The van der Waals surface area contributed by atoms with E-state index in [1.807, 2.05) is 32.4 Å². The van der Waals surface area contributed by atoms with E-state index in [1.54, 1.807) is 16.8 Å². The molecule has 1 N–H and O–H groups in total. The number of aromatic nitrogens is 2. The highest BCUT2D eigenvalue weighted by atomic mass is 32.2. The zero-order chi connectivity index (χ0) is 17.2. The van der Waals surface area contributed by atoms with E-state index in [-0.39, 0.29) is 17.0 Å². The van der Waals surface area contributed by atoms with Gasteiger partial charge in [0.2, 0.25) is 0 Å². The van der Waals surface area contributed by atoms with Crippen LogP contribution in [0.1, 0.15) is 37.1 Å². The summed E-state index contributed by atoms with van der Waals surface area (Å²) in [4.78, 5) is 0.205. The van der Waals surface area contributed by atoms with Crippen molar-refractivity contribution in [3.63, 3.8) is 0 Å². The first-order valence-electron chi connectivity index (χ1n) is 7.35. The number of hydrogen-bond acceptors (Lipinski definition) is 5. The first-order chi connectivity index (χ1) is 10.7. The Hall–Kier alpha value is -1.86. The van der Waals surface area contributed by atoms with Gasteiger partial charge >= 0.3 is 0 Å². The lowest BCUT2D eigenvalue weighted by molar-refractivity contribution is 0.400. The van der Waals surface area contributed by atoms with Gasteiger partial charge in [-0.3, -0.25) is 4.68 Å². The summed E-state index contributed by atoms with van der Waals surface area (Å²) in [5.41, 5.74) is 2.06. The van der Waals surface area contributed by atoms with Crippen molar-refractivity contribution >= 4 is 9.84 Å². The molecule has 126 valence electrons. The summed E-state index contributed by atoms with van der Waals surface area (Å²) in [6, 6.07) is 5.33. The Morgan fingerprint density at radius 1 is 1.22 bits per heavy atom. The van der Waals surface area contributed by atoms with Crippen LogP contribution in [0.15, 0.2) is 35.5 Å². The molecule has 0 amide bonds. The Labute approximate surface area is 137 Å². The minimum atomic E-state index is -3.31. The van der Waals surface area contributed by atoms with Gasteiger partial charge in [-0.1, -0.05) is 6.07 Å². The molecule has 0 aliphatic rings. The van der Waals surface area contributed by atoms with Crippen LogP contribution in [0.2, 0.25) is 0 Å². The van der Waals surface area contributed by atoms with Crippen LogP contribution in [0, 0.1) is 0 Å². The Morgan fingerprint density at radius 3 is 2.39 bits per heavy atom. The zero-order valence-corrected chi connectivity index (χ0v) is 14.9. The van der Waals surface area contributed by atoms with Gasteiger partial charge in [-0.2, -0.15) is 5.10 Å². The summed E-state index contributed by atoms with van der Waals surface area (Å²) < 4.78 is 30.5. The van der Waals surface area contributed by atoms with E-state index in [4.69, 9.17) is 4.74 Å². The molecule has 6 nitrogen and oxygen atoms in total. The lowest BCUT2D eigenvalue weighted by Crippen LogP contribution is -2.22. The maximum absolute atomic E-state index is 11.8. The second-order valence-corrected chi connectivity index (χ2v) is 7.72. The number of hydrogen-bond donors (Lipinski definition) is 1. The molecule has 1 heterocycles. The second kappa shape index (κ2) is 6.72. The summed E-state index contributed by atoms with van der Waals surface area (Å²) >= 11 is 0. The van der Waals surface area contributed by atoms with E-state index >= 15 is 0 Å². The van der Waals surface area contributed by atoms with Gasteiger partial charge < -0.3 is 10.1 Å². The third-order valence-corrected chi connectivity index (χ3v) is 4.95. The molecule has 0 aliphatic carbocycles. The first kappa shape index (κ1) is 17.5. The standard InChI is InChI=1S/C16H23N3O3S/c1-11(18-12(2)14-9-17-19(3)10-14)13-6-7-16(23(5,20)21)15(8-13)22-4/h6-12,18H,1-5H3. The Bertz CT molecular complexity index is 784. The predicted molar refractivity (Wildman–Crippen MR) is 89.3 cm³/mol. The Morgan fingerprint density at radius 2 is 1.87 bits per heavy atom. The molecule has 0 fully saturated rings. The van der Waals surface area contributed by atoms with E-state index in [1.165, 1.54) is 13.4 Å². The molecule has 2 unspecified atom stereocenters. The Balaban J connectivity index is 2.21. The van der Waals surface area contributed by atoms with Crippen molar-refractivity contribution in [2.45, 2.75) is 30.8 Å². The summed E-state index contributed by atoms with van der Waals surface area (Å²) in [7, 11) is 0.0520. The van der Waals surface area contributed by atoms with Crippen molar-refractivity contribution in [3.05, 3.63) is 41.7 Å². The molecule has 0 aliphatic heterocycles. The molecule has 0 radical (unpaired) electrons. The molecule has 0 saturated heterocycles. The van der Waals surface area contributed by atoms with Gasteiger partial charge in [0, 0.05) is 37.1 Å². The number of aryl methyl sites for hydroxylation is 1. The lowest BCUT2D eigenvalue weighted by Gasteiger charge is -2.20. The number of benzene rings is 1. The molecule has 0 bridgehead atoms. The Kier molecular flexibility index (Phi) is 5.11. The molecule has 2 aromatic rings. The summed E-state index contributed by atoms with van der Waals surface area (Å²) in [5, 5.41) is 7.65. The largest absolute Gasteiger partial charge is 0.495 e. The van der Waals surface area contributed by atoms with Gasteiger partial charge in [-0.25, -0.2) is 8.42 Å². The smallest absolute Gasteiger partial charge is 0.179 e. The van der Waals surface area contributed by atoms with Crippen molar-refractivity contribution in [1.29, 1.82) is 0 Å². The molecule has 2 atom stereocenters. The number of rotatable bonds is 6. The maximum Gasteiger partial charge on any atom is 0.179 e. The van der Waals surface area contributed by atoms with Crippen LogP contribution in [0.5, 0.6) is 5.75 Å². The van der Waals surface area contributed by atoms with Gasteiger partial charge in [-0.05, 0) is 31.5 Å². The van der Waals surface area contributed by atoms with Crippen molar-refractivity contribution in [2.75, 3.05) is 13.4 Å². The quantitative estimate of drug-likeness (QED) is 0.875. The van der Waals surface area contributed by atoms with Crippen LogP contribution in [0.4, 0.5) is 0 Å². The van der Waals surface area contributed by atoms with E-state index < -0.39 is 9.84 Å². The second-order valence-electron chi connectivity index (χ2n) is 5.74. The summed E-state index contributed by atoms with van der Waals surface area (Å²) in [6.07, 6.45) is 4.98. The van der Waals surface area contributed by atoms with Crippen LogP contribution in [-0.2, 0) is 16.9 Å². The maximum atomic E-state index is 11.8. The van der Waals surface area contributed by atoms with Crippen LogP contribution in [0.25, 0.3) is 0 Å². The van der Waals surface area contributed by atoms with Crippen molar-refractivity contribution in [1.82, 2.24) is 15.1 Å². The number of methoxy groups -OCH3 is 1. The fourth-order valence-corrected chi connectivity index (χ4v) is 3.31. The van der Waals surface area contributed by atoms with Gasteiger partial charge in [0.1, 0.15) is 10.6 Å². The average molecular weight is 337 g/mol. The minimum absolute atomic E-state index is 0.0349. The van der Waals surface area contributed by atoms with Crippen LogP contribution >= 0.6 is 0 Å². The van der Waals surface area contributed by atoms with E-state index in [2.05, 4.69) is 17.3 Å². The number of nitrogens with zero attached hydrogens (tertiary/aromatic N) is 2. The molecule has 1 aromatic carbocycles. The van der Waals surface area contributed by atoms with Gasteiger partial charge in [0.05, 0.1) is 13.3 Å². The van der Waals surface area contributed by atoms with Gasteiger partial charge in [0.25, 0.3) is 0 Å². The number of nitrogens with one attached hydrogen (secondary N) is 1. The van der Waals surface area contributed by atoms with Crippen molar-refractivity contribution < 1.29 is 13.2 Å². The number of sulfone groups is 1.